The number of halogens is 1. The van der Waals surface area contributed by atoms with E-state index in [-0.39, 0.29) is 5.83 Å². The highest BCUT2D eigenvalue weighted by Gasteiger charge is 2.11. The van der Waals surface area contributed by atoms with Crippen molar-refractivity contribution in [2.75, 3.05) is 0 Å². The largest absolute Gasteiger partial charge is 0.197 e. The molecule has 0 atom stereocenters. The molecule has 0 radical (unpaired) electrons. The predicted octanol–water partition coefficient (Wildman–Crippen LogP) is 5.36. The Hall–Kier alpha value is -1.55. The SMILES string of the molecule is C/C(=C(/F)C#CCC1CCCCC1)c1ccccc1. The van der Waals surface area contributed by atoms with E-state index in [0.717, 1.165) is 12.0 Å². The molecule has 0 N–H and O–H groups in total. The molecule has 0 saturated heterocycles. The van der Waals surface area contributed by atoms with Crippen molar-refractivity contribution in [1.29, 1.82) is 0 Å². The molecule has 0 amide bonds. The summed E-state index contributed by atoms with van der Waals surface area (Å²) in [5.41, 5.74) is 1.55. The molecular formula is C18H21F. The summed E-state index contributed by atoms with van der Waals surface area (Å²) in [4.78, 5) is 0. The van der Waals surface area contributed by atoms with E-state index >= 15 is 0 Å². The van der Waals surface area contributed by atoms with Crippen LogP contribution in [0.5, 0.6) is 0 Å². The lowest BCUT2D eigenvalue weighted by atomic mass is 9.87. The third-order valence-electron chi connectivity index (χ3n) is 3.85. The summed E-state index contributed by atoms with van der Waals surface area (Å²) in [5.74, 6) is 6.11. The molecule has 0 spiro atoms. The van der Waals surface area contributed by atoms with E-state index in [1.54, 1.807) is 6.92 Å². The normalized spacial score (nSPS) is 17.4. The van der Waals surface area contributed by atoms with Gasteiger partial charge in [-0.15, -0.1) is 0 Å². The Balaban J connectivity index is 1.98. The molecule has 1 aliphatic rings. The third kappa shape index (κ3) is 4.24. The molecule has 0 heterocycles. The monoisotopic (exact) mass is 256 g/mol. The molecular weight excluding hydrogens is 235 g/mol. The van der Waals surface area contributed by atoms with Crippen molar-refractivity contribution in [2.45, 2.75) is 45.4 Å². The molecule has 1 fully saturated rings. The standard InChI is InChI=1S/C18H21F/c1-15(17-12-6-3-7-13-17)18(19)14-8-11-16-9-4-2-5-10-16/h3,6-7,12-13,16H,2,4-5,9-11H2,1H3/b18-15-. The van der Waals surface area contributed by atoms with Crippen LogP contribution in [0, 0.1) is 17.8 Å². The van der Waals surface area contributed by atoms with Crippen LogP contribution in [0.2, 0.25) is 0 Å². The summed E-state index contributed by atoms with van der Waals surface area (Å²) in [7, 11) is 0. The van der Waals surface area contributed by atoms with Crippen LogP contribution in [0.15, 0.2) is 36.2 Å². The van der Waals surface area contributed by atoms with Gasteiger partial charge in [0, 0.05) is 12.0 Å². The van der Waals surface area contributed by atoms with Gasteiger partial charge in [-0.2, -0.15) is 4.39 Å². The summed E-state index contributed by atoms with van der Waals surface area (Å²) in [6.07, 6.45) is 7.34. The lowest BCUT2D eigenvalue weighted by Gasteiger charge is -2.18. The van der Waals surface area contributed by atoms with Crippen molar-refractivity contribution < 1.29 is 4.39 Å². The first-order chi connectivity index (χ1) is 9.27. The Morgan fingerprint density at radius 3 is 2.53 bits per heavy atom. The zero-order valence-corrected chi connectivity index (χ0v) is 11.6. The average Bonchev–Trinajstić information content (AvgIpc) is 2.48. The van der Waals surface area contributed by atoms with E-state index in [9.17, 15) is 4.39 Å². The fourth-order valence-corrected chi connectivity index (χ4v) is 2.57. The topological polar surface area (TPSA) is 0 Å². The number of allylic oxidation sites excluding steroid dienone is 2. The zero-order chi connectivity index (χ0) is 13.5. The van der Waals surface area contributed by atoms with Crippen molar-refractivity contribution in [3.63, 3.8) is 0 Å². The minimum absolute atomic E-state index is 0.290. The summed E-state index contributed by atoms with van der Waals surface area (Å²) >= 11 is 0. The van der Waals surface area contributed by atoms with Crippen LogP contribution in [0.4, 0.5) is 4.39 Å². The molecule has 0 unspecified atom stereocenters. The first-order valence-corrected chi connectivity index (χ1v) is 7.18. The van der Waals surface area contributed by atoms with E-state index in [0.29, 0.717) is 11.5 Å². The molecule has 0 aliphatic heterocycles. The minimum atomic E-state index is -0.290. The Kier molecular flexibility index (Phi) is 5.21. The molecule has 0 aromatic heterocycles. The van der Waals surface area contributed by atoms with Gasteiger partial charge in [0.2, 0.25) is 0 Å². The second-order valence-corrected chi connectivity index (χ2v) is 5.31. The second-order valence-electron chi connectivity index (χ2n) is 5.31. The van der Waals surface area contributed by atoms with Crippen LogP contribution in [-0.4, -0.2) is 0 Å². The molecule has 1 aromatic rings. The van der Waals surface area contributed by atoms with Crippen molar-refractivity contribution in [2.24, 2.45) is 5.92 Å². The molecule has 19 heavy (non-hydrogen) atoms. The van der Waals surface area contributed by atoms with E-state index in [1.807, 2.05) is 30.3 Å². The van der Waals surface area contributed by atoms with Gasteiger partial charge in [0.25, 0.3) is 0 Å². The van der Waals surface area contributed by atoms with Crippen LogP contribution in [0.3, 0.4) is 0 Å². The fraction of sp³-hybridized carbons (Fsp3) is 0.444. The number of hydrogen-bond acceptors (Lipinski definition) is 0. The van der Waals surface area contributed by atoms with Crippen LogP contribution in [-0.2, 0) is 0 Å². The van der Waals surface area contributed by atoms with Crippen molar-refractivity contribution >= 4 is 5.57 Å². The van der Waals surface area contributed by atoms with Gasteiger partial charge in [0.1, 0.15) is 0 Å². The van der Waals surface area contributed by atoms with Gasteiger partial charge in [0.05, 0.1) is 0 Å². The van der Waals surface area contributed by atoms with Gasteiger partial charge in [-0.3, -0.25) is 0 Å². The van der Waals surface area contributed by atoms with Gasteiger partial charge in [0.15, 0.2) is 5.83 Å². The zero-order valence-electron chi connectivity index (χ0n) is 11.6. The molecule has 2 rings (SSSR count). The summed E-state index contributed by atoms with van der Waals surface area (Å²) in [6.45, 7) is 1.79. The highest BCUT2D eigenvalue weighted by molar-refractivity contribution is 5.68. The number of hydrogen-bond donors (Lipinski definition) is 0. The Morgan fingerprint density at radius 1 is 1.16 bits per heavy atom. The molecule has 1 aliphatic carbocycles. The molecule has 1 aromatic carbocycles. The lowest BCUT2D eigenvalue weighted by Crippen LogP contribution is -2.04. The average molecular weight is 256 g/mol. The van der Waals surface area contributed by atoms with E-state index in [4.69, 9.17) is 0 Å². The Morgan fingerprint density at radius 2 is 1.84 bits per heavy atom. The minimum Gasteiger partial charge on any atom is -0.197 e. The summed E-state index contributed by atoms with van der Waals surface area (Å²) in [6, 6.07) is 9.60. The van der Waals surface area contributed by atoms with Gasteiger partial charge >= 0.3 is 0 Å². The van der Waals surface area contributed by atoms with Crippen LogP contribution in [0.25, 0.3) is 5.57 Å². The highest BCUT2D eigenvalue weighted by atomic mass is 19.1. The Bertz CT molecular complexity index is 481. The second kappa shape index (κ2) is 7.14. The molecule has 1 heteroatoms. The van der Waals surface area contributed by atoms with Crippen molar-refractivity contribution in [3.8, 4) is 11.8 Å². The Labute approximate surface area is 115 Å². The summed E-state index contributed by atoms with van der Waals surface area (Å²) < 4.78 is 13.9. The maximum Gasteiger partial charge on any atom is 0.176 e. The van der Waals surface area contributed by atoms with Gasteiger partial charge in [-0.25, -0.2) is 0 Å². The number of rotatable bonds is 2. The predicted molar refractivity (Wildman–Crippen MR) is 79.1 cm³/mol. The van der Waals surface area contributed by atoms with Crippen LogP contribution < -0.4 is 0 Å². The van der Waals surface area contributed by atoms with E-state index < -0.39 is 0 Å². The maximum atomic E-state index is 13.9. The fourth-order valence-electron chi connectivity index (χ4n) is 2.57. The van der Waals surface area contributed by atoms with Gasteiger partial charge in [-0.05, 0) is 37.2 Å². The van der Waals surface area contributed by atoms with Crippen LogP contribution in [0.1, 0.15) is 51.0 Å². The quantitative estimate of drug-likeness (QED) is 0.625. The third-order valence-corrected chi connectivity index (χ3v) is 3.85. The van der Waals surface area contributed by atoms with Crippen molar-refractivity contribution in [3.05, 3.63) is 41.7 Å². The first kappa shape index (κ1) is 13.9. The first-order valence-electron chi connectivity index (χ1n) is 7.18. The van der Waals surface area contributed by atoms with Gasteiger partial charge < -0.3 is 0 Å². The summed E-state index contributed by atoms with van der Waals surface area (Å²) in [5, 5.41) is 0. The molecule has 0 nitrogen and oxygen atoms in total. The van der Waals surface area contributed by atoms with E-state index in [1.165, 1.54) is 32.1 Å². The molecule has 1 saturated carbocycles. The van der Waals surface area contributed by atoms with E-state index in [2.05, 4.69) is 11.8 Å². The number of benzene rings is 1. The van der Waals surface area contributed by atoms with Gasteiger partial charge in [-0.1, -0.05) is 55.5 Å². The van der Waals surface area contributed by atoms with Crippen molar-refractivity contribution in [1.82, 2.24) is 0 Å². The molecule has 0 bridgehead atoms. The molecule has 100 valence electrons. The highest BCUT2D eigenvalue weighted by Crippen LogP contribution is 2.26. The smallest absolute Gasteiger partial charge is 0.176 e. The maximum absolute atomic E-state index is 13.9. The lowest BCUT2D eigenvalue weighted by molar-refractivity contribution is 0.365. The van der Waals surface area contributed by atoms with Crippen LogP contribution >= 0.6 is 0 Å².